The highest BCUT2D eigenvalue weighted by atomic mass is 35.5. The van der Waals surface area contributed by atoms with Crippen LogP contribution in [0.1, 0.15) is 21.5 Å². The highest BCUT2D eigenvalue weighted by molar-refractivity contribution is 7.97. The molecule has 0 spiro atoms. The summed E-state index contributed by atoms with van der Waals surface area (Å²) >= 11 is 9.38. The quantitative estimate of drug-likeness (QED) is 0.605. The lowest BCUT2D eigenvalue weighted by Crippen LogP contribution is -1.95. The van der Waals surface area contributed by atoms with Gasteiger partial charge in [0.2, 0.25) is 5.12 Å². The van der Waals surface area contributed by atoms with Gasteiger partial charge in [-0.25, -0.2) is 0 Å². The van der Waals surface area contributed by atoms with Crippen LogP contribution in [0.4, 0.5) is 0 Å². The molecule has 3 heteroatoms. The molecule has 13 heavy (non-hydrogen) atoms. The van der Waals surface area contributed by atoms with Crippen LogP contribution in [0.2, 0.25) is 0 Å². The Morgan fingerprint density at radius 3 is 2.69 bits per heavy atom. The number of alkyl halides is 1. The van der Waals surface area contributed by atoms with Crippen molar-refractivity contribution in [2.75, 3.05) is 5.88 Å². The number of halogens is 1. The zero-order valence-electron chi connectivity index (χ0n) is 7.38. The number of hydrogen-bond acceptors (Lipinski definition) is 1. The van der Waals surface area contributed by atoms with Crippen LogP contribution in [-0.4, -0.2) is 11.0 Å². The SMILES string of the molecule is Cc1cc(C(=O)S)ccc1CCCl. The summed E-state index contributed by atoms with van der Waals surface area (Å²) in [5.41, 5.74) is 2.92. The average molecular weight is 215 g/mol. The molecule has 1 nitrogen and oxygen atoms in total. The van der Waals surface area contributed by atoms with Crippen molar-refractivity contribution in [1.29, 1.82) is 0 Å². The number of hydrogen-bond donors (Lipinski definition) is 1. The fourth-order valence-electron chi connectivity index (χ4n) is 1.21. The van der Waals surface area contributed by atoms with E-state index in [0.29, 0.717) is 11.4 Å². The van der Waals surface area contributed by atoms with Crippen molar-refractivity contribution in [2.45, 2.75) is 13.3 Å². The third-order valence-electron chi connectivity index (χ3n) is 1.95. The first-order valence-electron chi connectivity index (χ1n) is 4.04. The van der Waals surface area contributed by atoms with Gasteiger partial charge < -0.3 is 0 Å². The van der Waals surface area contributed by atoms with Crippen LogP contribution in [0.5, 0.6) is 0 Å². The van der Waals surface area contributed by atoms with Gasteiger partial charge in [0.05, 0.1) is 0 Å². The summed E-state index contributed by atoms with van der Waals surface area (Å²) < 4.78 is 0. The van der Waals surface area contributed by atoms with Crippen molar-refractivity contribution in [3.8, 4) is 0 Å². The first kappa shape index (κ1) is 10.6. The monoisotopic (exact) mass is 214 g/mol. The predicted molar refractivity (Wildman–Crippen MR) is 58.9 cm³/mol. The van der Waals surface area contributed by atoms with Gasteiger partial charge in [-0.3, -0.25) is 4.79 Å². The summed E-state index contributed by atoms with van der Waals surface area (Å²) in [7, 11) is 0. The topological polar surface area (TPSA) is 17.1 Å². The lowest BCUT2D eigenvalue weighted by molar-refractivity contribution is 0.109. The number of aryl methyl sites for hydroxylation is 2. The van der Waals surface area contributed by atoms with Crippen molar-refractivity contribution in [2.24, 2.45) is 0 Å². The number of carbonyl (C=O) groups is 1. The van der Waals surface area contributed by atoms with Gasteiger partial charge in [-0.05, 0) is 30.5 Å². The molecular weight excluding hydrogens is 204 g/mol. The normalized spacial score (nSPS) is 10.1. The molecule has 0 aliphatic rings. The van der Waals surface area contributed by atoms with Gasteiger partial charge in [-0.1, -0.05) is 12.1 Å². The Hall–Kier alpha value is -0.470. The van der Waals surface area contributed by atoms with Crippen LogP contribution >= 0.6 is 24.2 Å². The van der Waals surface area contributed by atoms with Crippen LogP contribution in [0.3, 0.4) is 0 Å². The summed E-state index contributed by atoms with van der Waals surface area (Å²) in [5.74, 6) is 0.606. The molecule has 1 aromatic carbocycles. The van der Waals surface area contributed by atoms with Gasteiger partial charge in [0.25, 0.3) is 0 Å². The third kappa shape index (κ3) is 2.75. The van der Waals surface area contributed by atoms with Crippen molar-refractivity contribution in [3.05, 3.63) is 34.9 Å². The minimum atomic E-state index is -0.194. The van der Waals surface area contributed by atoms with Crippen molar-refractivity contribution in [3.63, 3.8) is 0 Å². The predicted octanol–water partition coefficient (Wildman–Crippen LogP) is 2.85. The Morgan fingerprint density at radius 2 is 2.23 bits per heavy atom. The van der Waals surface area contributed by atoms with Gasteiger partial charge in [-0.2, -0.15) is 0 Å². The standard InChI is InChI=1S/C10H11ClOS/c1-7-6-9(10(12)13)3-2-8(7)4-5-11/h2-3,6H,4-5H2,1H3,(H,12,13). The highest BCUT2D eigenvalue weighted by Gasteiger charge is 2.03. The Labute approximate surface area is 88.5 Å². The van der Waals surface area contributed by atoms with Crippen LogP contribution < -0.4 is 0 Å². The maximum absolute atomic E-state index is 10.9. The second kappa shape index (κ2) is 4.68. The molecule has 0 aromatic heterocycles. The summed E-state index contributed by atoms with van der Waals surface area (Å²) in [6.07, 6.45) is 0.842. The number of rotatable bonds is 3. The van der Waals surface area contributed by atoms with Crippen molar-refractivity contribution >= 4 is 29.3 Å². The molecule has 0 bridgehead atoms. The van der Waals surface area contributed by atoms with Crippen molar-refractivity contribution in [1.82, 2.24) is 0 Å². The third-order valence-corrected chi connectivity index (χ3v) is 2.40. The number of benzene rings is 1. The van der Waals surface area contributed by atoms with Gasteiger partial charge in [0, 0.05) is 11.4 Å². The van der Waals surface area contributed by atoms with Crippen molar-refractivity contribution < 1.29 is 4.79 Å². The molecule has 0 atom stereocenters. The van der Waals surface area contributed by atoms with Crippen LogP contribution in [0.15, 0.2) is 18.2 Å². The maximum atomic E-state index is 10.9. The largest absolute Gasteiger partial charge is 0.282 e. The van der Waals surface area contributed by atoms with Crippen LogP contribution in [0, 0.1) is 6.92 Å². The molecule has 0 N–H and O–H groups in total. The van der Waals surface area contributed by atoms with E-state index in [0.717, 1.165) is 12.0 Å². The lowest BCUT2D eigenvalue weighted by atomic mass is 10.0. The number of thiol groups is 1. The van der Waals surface area contributed by atoms with E-state index in [1.54, 1.807) is 6.07 Å². The first-order chi connectivity index (χ1) is 6.15. The molecule has 0 radical (unpaired) electrons. The minimum Gasteiger partial charge on any atom is -0.282 e. The van der Waals surface area contributed by atoms with E-state index in [9.17, 15) is 4.79 Å². The van der Waals surface area contributed by atoms with E-state index in [-0.39, 0.29) is 5.12 Å². The summed E-state index contributed by atoms with van der Waals surface area (Å²) in [6.45, 7) is 1.97. The molecule has 1 rings (SSSR count). The van der Waals surface area contributed by atoms with Gasteiger partial charge in [-0.15, -0.1) is 24.2 Å². The minimum absolute atomic E-state index is 0.194. The molecule has 0 fully saturated rings. The maximum Gasteiger partial charge on any atom is 0.216 e. The van der Waals surface area contributed by atoms with E-state index in [4.69, 9.17) is 11.6 Å². The molecule has 0 unspecified atom stereocenters. The van der Waals surface area contributed by atoms with E-state index in [1.165, 1.54) is 5.56 Å². The smallest absolute Gasteiger partial charge is 0.216 e. The lowest BCUT2D eigenvalue weighted by Gasteiger charge is -2.04. The molecule has 0 heterocycles. The summed E-state index contributed by atoms with van der Waals surface area (Å²) in [6, 6.07) is 5.56. The first-order valence-corrected chi connectivity index (χ1v) is 5.02. The Kier molecular flexibility index (Phi) is 3.82. The highest BCUT2D eigenvalue weighted by Crippen LogP contribution is 2.13. The Bertz CT molecular complexity index is 323. The van der Waals surface area contributed by atoms with E-state index in [2.05, 4.69) is 12.6 Å². The summed E-state index contributed by atoms with van der Waals surface area (Å²) in [5, 5.41) is -0.194. The van der Waals surface area contributed by atoms with E-state index in [1.807, 2.05) is 19.1 Å². The second-order valence-electron chi connectivity index (χ2n) is 2.89. The average Bonchev–Trinajstić information content (AvgIpc) is 2.08. The van der Waals surface area contributed by atoms with Gasteiger partial charge in [0.1, 0.15) is 0 Å². The summed E-state index contributed by atoms with van der Waals surface area (Å²) in [4.78, 5) is 10.9. The Morgan fingerprint density at radius 1 is 1.54 bits per heavy atom. The van der Waals surface area contributed by atoms with Gasteiger partial charge in [0.15, 0.2) is 0 Å². The number of carbonyl (C=O) groups excluding carboxylic acids is 1. The van der Waals surface area contributed by atoms with E-state index >= 15 is 0 Å². The zero-order chi connectivity index (χ0) is 9.84. The molecule has 0 amide bonds. The molecule has 1 aromatic rings. The molecule has 70 valence electrons. The fraction of sp³-hybridized carbons (Fsp3) is 0.300. The molecule has 0 saturated carbocycles. The fourth-order valence-corrected chi connectivity index (χ4v) is 1.55. The molecule has 0 aliphatic carbocycles. The zero-order valence-corrected chi connectivity index (χ0v) is 9.03. The second-order valence-corrected chi connectivity index (χ2v) is 3.67. The van der Waals surface area contributed by atoms with E-state index < -0.39 is 0 Å². The van der Waals surface area contributed by atoms with Gasteiger partial charge >= 0.3 is 0 Å². The van der Waals surface area contributed by atoms with Crippen LogP contribution in [-0.2, 0) is 6.42 Å². The molecular formula is C10H11ClOS. The van der Waals surface area contributed by atoms with Crippen LogP contribution in [0.25, 0.3) is 0 Å². The Balaban J connectivity index is 2.98. The molecule has 0 aliphatic heterocycles. The molecule has 0 saturated heterocycles.